The minimum atomic E-state index is -1.29. The molecule has 0 bridgehead atoms. The minimum absolute atomic E-state index is 0.0537. The van der Waals surface area contributed by atoms with Crippen LogP contribution >= 0.6 is 0 Å². The maximum absolute atomic E-state index is 14.7. The lowest BCUT2D eigenvalue weighted by Crippen LogP contribution is -2.38. The van der Waals surface area contributed by atoms with Crippen molar-refractivity contribution in [2.24, 2.45) is 4.99 Å². The van der Waals surface area contributed by atoms with Gasteiger partial charge < -0.3 is 20.5 Å². The molecule has 30 heavy (non-hydrogen) atoms. The van der Waals surface area contributed by atoms with Crippen molar-refractivity contribution in [2.75, 3.05) is 32.6 Å². The Morgan fingerprint density at radius 3 is 2.83 bits per heavy atom. The molecule has 2 aromatic rings. The number of halogens is 1. The van der Waals surface area contributed by atoms with E-state index in [4.69, 9.17) is 4.74 Å². The summed E-state index contributed by atoms with van der Waals surface area (Å²) < 4.78 is 21.4. The molecule has 1 fully saturated rings. The monoisotopic (exact) mass is 416 g/mol. The highest BCUT2D eigenvalue weighted by Crippen LogP contribution is 2.27. The Balaban J connectivity index is 2.02. The van der Waals surface area contributed by atoms with Gasteiger partial charge in [-0.05, 0) is 45.4 Å². The first-order valence-corrected chi connectivity index (χ1v) is 9.92. The Morgan fingerprint density at radius 1 is 1.47 bits per heavy atom. The van der Waals surface area contributed by atoms with Gasteiger partial charge in [-0.3, -0.25) is 4.99 Å². The van der Waals surface area contributed by atoms with E-state index in [1.165, 1.54) is 17.9 Å². The molecule has 3 N–H and O–H groups in total. The summed E-state index contributed by atoms with van der Waals surface area (Å²) in [4.78, 5) is 8.64. The number of aromatic nitrogens is 3. The molecule has 2 aromatic heterocycles. The zero-order valence-electron chi connectivity index (χ0n) is 17.9. The smallest absolute Gasteiger partial charge is 0.153 e. The van der Waals surface area contributed by atoms with Gasteiger partial charge in [-0.2, -0.15) is 5.10 Å². The van der Waals surface area contributed by atoms with Crippen LogP contribution in [-0.2, 0) is 5.60 Å². The van der Waals surface area contributed by atoms with Crippen LogP contribution in [0.1, 0.15) is 38.1 Å². The number of hydrogen-bond acceptors (Lipinski definition) is 7. The normalized spacial score (nSPS) is 17.7. The second-order valence-corrected chi connectivity index (χ2v) is 7.78. The van der Waals surface area contributed by atoms with Crippen LogP contribution in [0.25, 0.3) is 5.70 Å². The van der Waals surface area contributed by atoms with Gasteiger partial charge in [0.1, 0.15) is 28.6 Å². The zero-order valence-corrected chi connectivity index (χ0v) is 17.9. The van der Waals surface area contributed by atoms with E-state index < -0.39 is 11.4 Å². The molecule has 3 heterocycles. The number of aliphatic hydroxyl groups is 1. The summed E-state index contributed by atoms with van der Waals surface area (Å²) in [5.74, 6) is 0.415. The summed E-state index contributed by atoms with van der Waals surface area (Å²) in [6, 6.07) is 4.82. The van der Waals surface area contributed by atoms with E-state index in [1.54, 1.807) is 33.0 Å². The molecule has 9 heteroatoms. The van der Waals surface area contributed by atoms with Crippen LogP contribution in [0.3, 0.4) is 0 Å². The van der Waals surface area contributed by atoms with E-state index in [2.05, 4.69) is 32.3 Å². The number of nitrogens with one attached hydrogen (secondary N) is 2. The molecule has 3 rings (SSSR count). The summed E-state index contributed by atoms with van der Waals surface area (Å²) in [5.41, 5.74) is -0.365. The number of ether oxygens (including phenoxy) is 1. The third-order valence-corrected chi connectivity index (χ3v) is 4.96. The number of pyridine rings is 1. The molecule has 8 nitrogen and oxygen atoms in total. The van der Waals surface area contributed by atoms with Crippen LogP contribution in [0.15, 0.2) is 29.8 Å². The van der Waals surface area contributed by atoms with E-state index in [0.29, 0.717) is 17.1 Å². The van der Waals surface area contributed by atoms with E-state index in [9.17, 15) is 9.50 Å². The van der Waals surface area contributed by atoms with Crippen LogP contribution < -0.4 is 20.9 Å². The summed E-state index contributed by atoms with van der Waals surface area (Å²) in [6.07, 6.45) is 2.09. The molecule has 162 valence electrons. The van der Waals surface area contributed by atoms with Gasteiger partial charge in [0.15, 0.2) is 11.3 Å². The fourth-order valence-corrected chi connectivity index (χ4v) is 3.39. The van der Waals surface area contributed by atoms with Gasteiger partial charge in [-0.25, -0.2) is 14.1 Å². The number of anilines is 1. The van der Waals surface area contributed by atoms with Crippen LogP contribution in [-0.4, -0.2) is 53.2 Å². The Bertz CT molecular complexity index is 990. The molecule has 0 aromatic carbocycles. The maximum atomic E-state index is 14.7. The number of piperidine rings is 1. The van der Waals surface area contributed by atoms with E-state index in [-0.39, 0.29) is 23.1 Å². The summed E-state index contributed by atoms with van der Waals surface area (Å²) in [5, 5.41) is 21.6. The van der Waals surface area contributed by atoms with E-state index >= 15 is 0 Å². The van der Waals surface area contributed by atoms with E-state index in [0.717, 1.165) is 25.9 Å². The predicted octanol–water partition coefficient (Wildman–Crippen LogP) is 1.87. The topological polar surface area (TPSA) is 96.6 Å². The average Bonchev–Trinajstić information content (AvgIpc) is 2.73. The molecule has 1 saturated heterocycles. The van der Waals surface area contributed by atoms with Crippen LogP contribution in [0.5, 0.6) is 5.75 Å². The lowest BCUT2D eigenvalue weighted by molar-refractivity contribution is 0.0688. The third-order valence-electron chi connectivity index (χ3n) is 4.96. The Labute approximate surface area is 175 Å². The van der Waals surface area contributed by atoms with Gasteiger partial charge in [0.05, 0.1) is 12.8 Å². The van der Waals surface area contributed by atoms with Gasteiger partial charge in [0, 0.05) is 25.7 Å². The van der Waals surface area contributed by atoms with Crippen molar-refractivity contribution in [1.29, 1.82) is 0 Å². The first-order valence-electron chi connectivity index (χ1n) is 9.92. The molecule has 1 aliphatic rings. The Morgan fingerprint density at radius 2 is 2.23 bits per heavy atom. The molecule has 0 amide bonds. The number of methoxy groups -OCH3 is 1. The first-order chi connectivity index (χ1) is 14.2. The van der Waals surface area contributed by atoms with Crippen molar-refractivity contribution in [3.63, 3.8) is 0 Å². The summed E-state index contributed by atoms with van der Waals surface area (Å²) in [7, 11) is 3.07. The largest absolute Gasteiger partial charge is 0.495 e. The molecule has 0 radical (unpaired) electrons. The SMILES string of the molecule is C=C(c1nc(NC2CCCNC2)ccc1F)n1nc(C(C)(C)O)c(OC)c/c1=N/C. The van der Waals surface area contributed by atoms with Crippen molar-refractivity contribution >= 4 is 11.5 Å². The third kappa shape index (κ3) is 4.68. The molecule has 0 spiro atoms. The first kappa shape index (κ1) is 21.9. The molecule has 0 aliphatic carbocycles. The zero-order chi connectivity index (χ0) is 21.9. The maximum Gasteiger partial charge on any atom is 0.153 e. The van der Waals surface area contributed by atoms with Crippen LogP contribution in [0, 0.1) is 5.82 Å². The van der Waals surface area contributed by atoms with Gasteiger partial charge in [-0.1, -0.05) is 6.58 Å². The fraction of sp³-hybridized carbons (Fsp3) is 0.476. The fourth-order valence-electron chi connectivity index (χ4n) is 3.39. The van der Waals surface area contributed by atoms with Gasteiger partial charge in [0.2, 0.25) is 0 Å². The van der Waals surface area contributed by atoms with Crippen molar-refractivity contribution in [3.8, 4) is 5.75 Å². The van der Waals surface area contributed by atoms with E-state index in [1.807, 2.05) is 0 Å². The van der Waals surface area contributed by atoms with Gasteiger partial charge in [-0.15, -0.1) is 0 Å². The highest BCUT2D eigenvalue weighted by molar-refractivity contribution is 5.62. The van der Waals surface area contributed by atoms with Gasteiger partial charge >= 0.3 is 0 Å². The molecular weight excluding hydrogens is 387 g/mol. The molecule has 1 unspecified atom stereocenters. The lowest BCUT2D eigenvalue weighted by Gasteiger charge is -2.24. The van der Waals surface area contributed by atoms with Crippen molar-refractivity contribution < 1.29 is 14.2 Å². The average molecular weight is 417 g/mol. The summed E-state index contributed by atoms with van der Waals surface area (Å²) in [6.45, 7) is 9.03. The minimum Gasteiger partial charge on any atom is -0.495 e. The highest BCUT2D eigenvalue weighted by Gasteiger charge is 2.26. The molecular formula is C21H29FN6O2. The van der Waals surface area contributed by atoms with Crippen LogP contribution in [0.4, 0.5) is 10.2 Å². The lowest BCUT2D eigenvalue weighted by atomic mass is 10.0. The predicted molar refractivity (Wildman–Crippen MR) is 114 cm³/mol. The number of nitrogens with zero attached hydrogens (tertiary/aromatic N) is 4. The highest BCUT2D eigenvalue weighted by atomic mass is 19.1. The second-order valence-electron chi connectivity index (χ2n) is 7.78. The van der Waals surface area contributed by atoms with Crippen molar-refractivity contribution in [2.45, 2.75) is 38.3 Å². The van der Waals surface area contributed by atoms with Crippen LogP contribution in [0.2, 0.25) is 0 Å². The Kier molecular flexibility index (Phi) is 6.52. The molecule has 1 aliphatic heterocycles. The molecule has 1 atom stereocenters. The standard InChI is InChI=1S/C21H29FN6O2/c1-13(28-18(23-4)11-16(30-5)20(27-28)21(2,3)29)19-15(22)8-9-17(26-19)25-14-7-6-10-24-12-14/h8-9,11,14,24,29H,1,6-7,10,12H2,2-5H3,(H,25,26)/b23-18-. The molecule has 0 saturated carbocycles. The number of hydrogen-bond donors (Lipinski definition) is 3. The quantitative estimate of drug-likeness (QED) is 0.665. The van der Waals surface area contributed by atoms with Crippen molar-refractivity contribution in [1.82, 2.24) is 20.1 Å². The second kappa shape index (κ2) is 8.93. The van der Waals surface area contributed by atoms with Crippen molar-refractivity contribution in [3.05, 3.63) is 47.5 Å². The Hall–Kier alpha value is -2.78. The van der Waals surface area contributed by atoms with Gasteiger partial charge in [0.25, 0.3) is 0 Å². The summed E-state index contributed by atoms with van der Waals surface area (Å²) >= 11 is 0. The number of rotatable bonds is 6.